The minimum Gasteiger partial charge on any atom is -0.459 e. The first-order valence-electron chi connectivity index (χ1n) is 11.1. The van der Waals surface area contributed by atoms with E-state index in [0.29, 0.717) is 12.8 Å². The maximum atomic E-state index is 13.2. The van der Waals surface area contributed by atoms with E-state index < -0.39 is 30.0 Å². The summed E-state index contributed by atoms with van der Waals surface area (Å²) < 4.78 is 17.4. The lowest BCUT2D eigenvalue weighted by atomic mass is 10.0. The molecule has 0 saturated carbocycles. The fourth-order valence-corrected chi connectivity index (χ4v) is 3.82. The third-order valence-electron chi connectivity index (χ3n) is 5.25. The summed E-state index contributed by atoms with van der Waals surface area (Å²) in [7, 11) is 0. The highest BCUT2D eigenvalue weighted by molar-refractivity contribution is 5.87. The van der Waals surface area contributed by atoms with Crippen molar-refractivity contribution in [3.8, 4) is 0 Å². The van der Waals surface area contributed by atoms with Gasteiger partial charge < -0.3 is 19.5 Å². The molecule has 0 aromatic heterocycles. The average Bonchev–Trinajstić information content (AvgIpc) is 3.06. The SMILES string of the molecule is CC(C)CC(NC(=O)[C@H]1OC(C)(C)O[C@H]1Cc1ccccc1)C(=O)OCc1ccccc1. The van der Waals surface area contributed by atoms with E-state index in [1.807, 2.05) is 74.5 Å². The van der Waals surface area contributed by atoms with Crippen LogP contribution in [0, 0.1) is 5.92 Å². The molecule has 1 aliphatic rings. The average molecular weight is 440 g/mol. The number of benzene rings is 2. The smallest absolute Gasteiger partial charge is 0.328 e. The molecule has 0 radical (unpaired) electrons. The Morgan fingerprint density at radius 3 is 2.16 bits per heavy atom. The third kappa shape index (κ3) is 6.90. The first kappa shape index (κ1) is 24.0. The summed E-state index contributed by atoms with van der Waals surface area (Å²) in [6, 6.07) is 18.6. The largest absolute Gasteiger partial charge is 0.459 e. The van der Waals surface area contributed by atoms with Crippen LogP contribution in [-0.4, -0.2) is 35.9 Å². The van der Waals surface area contributed by atoms with Gasteiger partial charge in [-0.25, -0.2) is 4.79 Å². The quantitative estimate of drug-likeness (QED) is 0.598. The molecular formula is C26H33NO5. The Hall–Kier alpha value is -2.70. The first-order valence-corrected chi connectivity index (χ1v) is 11.1. The summed E-state index contributed by atoms with van der Waals surface area (Å²) >= 11 is 0. The van der Waals surface area contributed by atoms with Gasteiger partial charge in [0.25, 0.3) is 5.91 Å². The number of carbonyl (C=O) groups is 2. The summed E-state index contributed by atoms with van der Waals surface area (Å²) in [6.45, 7) is 7.74. The molecule has 1 heterocycles. The van der Waals surface area contributed by atoms with Crippen LogP contribution < -0.4 is 5.32 Å². The Morgan fingerprint density at radius 1 is 0.969 bits per heavy atom. The van der Waals surface area contributed by atoms with Crippen LogP contribution >= 0.6 is 0 Å². The number of carbonyl (C=O) groups excluding carboxylic acids is 2. The second-order valence-electron chi connectivity index (χ2n) is 9.07. The van der Waals surface area contributed by atoms with E-state index >= 15 is 0 Å². The number of hydrogen-bond donors (Lipinski definition) is 1. The number of hydrogen-bond acceptors (Lipinski definition) is 5. The number of ether oxygens (including phenoxy) is 3. The lowest BCUT2D eigenvalue weighted by molar-refractivity contribution is -0.158. The molecular weight excluding hydrogens is 406 g/mol. The van der Waals surface area contributed by atoms with E-state index in [-0.39, 0.29) is 18.4 Å². The number of rotatable bonds is 9. The molecule has 3 rings (SSSR count). The van der Waals surface area contributed by atoms with Crippen LogP contribution in [0.1, 0.15) is 45.2 Å². The van der Waals surface area contributed by atoms with Crippen LogP contribution in [0.2, 0.25) is 0 Å². The van der Waals surface area contributed by atoms with E-state index in [9.17, 15) is 9.59 Å². The van der Waals surface area contributed by atoms with E-state index in [1.54, 1.807) is 13.8 Å². The minimum atomic E-state index is -0.886. The van der Waals surface area contributed by atoms with Crippen LogP contribution in [0.5, 0.6) is 0 Å². The van der Waals surface area contributed by atoms with Crippen LogP contribution in [0.25, 0.3) is 0 Å². The second kappa shape index (κ2) is 10.7. The zero-order valence-electron chi connectivity index (χ0n) is 19.2. The van der Waals surface area contributed by atoms with Gasteiger partial charge in [-0.1, -0.05) is 74.5 Å². The molecule has 0 aliphatic carbocycles. The van der Waals surface area contributed by atoms with E-state index in [4.69, 9.17) is 14.2 Å². The topological polar surface area (TPSA) is 73.9 Å². The third-order valence-corrected chi connectivity index (χ3v) is 5.25. The first-order chi connectivity index (χ1) is 15.2. The van der Waals surface area contributed by atoms with Crippen molar-refractivity contribution in [3.05, 3.63) is 71.8 Å². The van der Waals surface area contributed by atoms with Crippen molar-refractivity contribution >= 4 is 11.9 Å². The molecule has 1 saturated heterocycles. The predicted molar refractivity (Wildman–Crippen MR) is 122 cm³/mol. The van der Waals surface area contributed by atoms with Gasteiger partial charge in [0.1, 0.15) is 18.8 Å². The monoisotopic (exact) mass is 439 g/mol. The number of nitrogens with one attached hydrogen (secondary N) is 1. The Kier molecular flexibility index (Phi) is 8.04. The van der Waals surface area contributed by atoms with Crippen molar-refractivity contribution in [1.82, 2.24) is 5.32 Å². The Bertz CT molecular complexity index is 882. The number of esters is 1. The molecule has 1 fully saturated rings. The predicted octanol–water partition coefficient (Wildman–Crippen LogP) is 4.02. The molecule has 6 heteroatoms. The van der Waals surface area contributed by atoms with Crippen molar-refractivity contribution in [2.24, 2.45) is 5.92 Å². The fourth-order valence-electron chi connectivity index (χ4n) is 3.82. The van der Waals surface area contributed by atoms with Gasteiger partial charge in [0.2, 0.25) is 0 Å². The van der Waals surface area contributed by atoms with Gasteiger partial charge in [-0.15, -0.1) is 0 Å². The summed E-state index contributed by atoms with van der Waals surface area (Å²) in [4.78, 5) is 26.0. The van der Waals surface area contributed by atoms with Gasteiger partial charge in [-0.3, -0.25) is 4.79 Å². The lowest BCUT2D eigenvalue weighted by Gasteiger charge is -2.23. The van der Waals surface area contributed by atoms with E-state index in [0.717, 1.165) is 11.1 Å². The molecule has 0 bridgehead atoms. The van der Waals surface area contributed by atoms with E-state index in [2.05, 4.69) is 5.32 Å². The van der Waals surface area contributed by atoms with Gasteiger partial charge in [-0.05, 0) is 37.3 Å². The van der Waals surface area contributed by atoms with Crippen molar-refractivity contribution in [1.29, 1.82) is 0 Å². The summed E-state index contributed by atoms with van der Waals surface area (Å²) in [5, 5.41) is 2.86. The summed E-state index contributed by atoms with van der Waals surface area (Å²) in [5.41, 5.74) is 1.95. The van der Waals surface area contributed by atoms with E-state index in [1.165, 1.54) is 0 Å². The lowest BCUT2D eigenvalue weighted by Crippen LogP contribution is -2.49. The molecule has 32 heavy (non-hydrogen) atoms. The molecule has 2 aromatic rings. The van der Waals surface area contributed by atoms with Crippen molar-refractivity contribution < 1.29 is 23.8 Å². The fraction of sp³-hybridized carbons (Fsp3) is 0.462. The zero-order valence-corrected chi connectivity index (χ0v) is 19.2. The Balaban J connectivity index is 1.67. The molecule has 1 aliphatic heterocycles. The molecule has 3 atom stereocenters. The highest BCUT2D eigenvalue weighted by Crippen LogP contribution is 2.30. The molecule has 0 spiro atoms. The van der Waals surface area contributed by atoms with Crippen molar-refractivity contribution in [3.63, 3.8) is 0 Å². The Morgan fingerprint density at radius 2 is 1.56 bits per heavy atom. The van der Waals surface area contributed by atoms with Gasteiger partial charge in [0, 0.05) is 6.42 Å². The van der Waals surface area contributed by atoms with Crippen LogP contribution in [0.3, 0.4) is 0 Å². The molecule has 1 amide bonds. The maximum absolute atomic E-state index is 13.2. The molecule has 1 unspecified atom stereocenters. The van der Waals surface area contributed by atoms with Crippen molar-refractivity contribution in [2.75, 3.05) is 0 Å². The maximum Gasteiger partial charge on any atom is 0.328 e. The summed E-state index contributed by atoms with van der Waals surface area (Å²) in [6.07, 6.45) is -0.260. The van der Waals surface area contributed by atoms with Gasteiger partial charge in [-0.2, -0.15) is 0 Å². The number of amides is 1. The highest BCUT2D eigenvalue weighted by Gasteiger charge is 2.45. The molecule has 172 valence electrons. The van der Waals surface area contributed by atoms with Crippen molar-refractivity contribution in [2.45, 2.75) is 71.2 Å². The molecule has 2 aromatic carbocycles. The normalized spacial score (nSPS) is 20.7. The van der Waals surface area contributed by atoms with Gasteiger partial charge in [0.15, 0.2) is 11.9 Å². The highest BCUT2D eigenvalue weighted by atomic mass is 16.8. The Labute approximate surface area is 190 Å². The standard InChI is InChI=1S/C26H33NO5/c1-18(2)15-21(25(29)30-17-20-13-9-6-10-14-20)27-24(28)23-22(31-26(3,4)32-23)16-19-11-7-5-8-12-19/h5-14,18,21-23H,15-17H2,1-4H3,(H,27,28)/t21?,22-,23-/m0/s1. The minimum absolute atomic E-state index is 0.164. The summed E-state index contributed by atoms with van der Waals surface area (Å²) in [5.74, 6) is -1.50. The van der Waals surface area contributed by atoms with Crippen LogP contribution in [0.4, 0.5) is 0 Å². The van der Waals surface area contributed by atoms with Gasteiger partial charge >= 0.3 is 5.97 Å². The van der Waals surface area contributed by atoms with Crippen LogP contribution in [0.15, 0.2) is 60.7 Å². The molecule has 1 N–H and O–H groups in total. The zero-order chi connectivity index (χ0) is 23.1. The molecule has 6 nitrogen and oxygen atoms in total. The second-order valence-corrected chi connectivity index (χ2v) is 9.07. The van der Waals surface area contributed by atoms with Gasteiger partial charge in [0.05, 0.1) is 0 Å². The van der Waals surface area contributed by atoms with Crippen LogP contribution in [-0.2, 0) is 36.8 Å².